The molecule has 1 aromatic rings. The van der Waals surface area contributed by atoms with E-state index in [4.69, 9.17) is 0 Å². The van der Waals surface area contributed by atoms with Crippen molar-refractivity contribution in [3.05, 3.63) is 33.7 Å². The summed E-state index contributed by atoms with van der Waals surface area (Å²) in [7, 11) is -3.04. The van der Waals surface area contributed by atoms with Crippen molar-refractivity contribution in [1.29, 1.82) is 0 Å². The van der Waals surface area contributed by atoms with Crippen LogP contribution in [0, 0.1) is 6.92 Å². The molecule has 0 bridgehead atoms. The smallest absolute Gasteiger partial charge is 0.256 e. The van der Waals surface area contributed by atoms with Gasteiger partial charge in [-0.3, -0.25) is 9.59 Å². The third-order valence-corrected chi connectivity index (χ3v) is 4.64. The second-order valence-corrected chi connectivity index (χ2v) is 6.70. The van der Waals surface area contributed by atoms with Crippen LogP contribution in [-0.2, 0) is 9.84 Å². The van der Waals surface area contributed by atoms with Crippen molar-refractivity contribution in [3.63, 3.8) is 0 Å². The zero-order valence-corrected chi connectivity index (χ0v) is 10.7. The molecule has 0 spiro atoms. The molecule has 0 aromatic carbocycles. The molecule has 1 aliphatic rings. The van der Waals surface area contributed by atoms with Crippen molar-refractivity contribution >= 4 is 15.7 Å². The summed E-state index contributed by atoms with van der Waals surface area (Å²) >= 11 is 0. The summed E-state index contributed by atoms with van der Waals surface area (Å²) < 4.78 is 22.5. The number of hydrogen-bond donors (Lipinski definition) is 2. The van der Waals surface area contributed by atoms with Crippen LogP contribution in [-0.4, -0.2) is 36.9 Å². The van der Waals surface area contributed by atoms with Gasteiger partial charge in [0.15, 0.2) is 15.3 Å². The Kier molecular flexibility index (Phi) is 3.25. The monoisotopic (exact) mass is 270 g/mol. The maximum atomic E-state index is 11.8. The molecule has 98 valence electrons. The topological polar surface area (TPSA) is 96.1 Å². The molecule has 7 heteroatoms. The Hall–Kier alpha value is -1.63. The number of nitrogens with one attached hydrogen (secondary N) is 2. The van der Waals surface area contributed by atoms with E-state index in [1.165, 1.54) is 12.3 Å². The highest BCUT2D eigenvalue weighted by atomic mass is 32.2. The molecular formula is C11H14N2O4S. The zero-order chi connectivity index (χ0) is 13.3. The number of carbonyl (C=O) groups excluding carboxylic acids is 1. The molecule has 1 fully saturated rings. The third-order valence-electron chi connectivity index (χ3n) is 2.87. The molecule has 6 nitrogen and oxygen atoms in total. The summed E-state index contributed by atoms with van der Waals surface area (Å²) in [5, 5.41) is 2.57. The molecule has 1 amide bonds. The molecule has 2 N–H and O–H groups in total. The van der Waals surface area contributed by atoms with Gasteiger partial charge in [0.05, 0.1) is 11.5 Å². The molecule has 2 heterocycles. The minimum atomic E-state index is -3.04. The number of rotatable bonds is 2. The van der Waals surface area contributed by atoms with Crippen LogP contribution in [0.5, 0.6) is 0 Å². The van der Waals surface area contributed by atoms with Gasteiger partial charge in [-0.15, -0.1) is 0 Å². The fraction of sp³-hybridized carbons (Fsp3) is 0.455. The van der Waals surface area contributed by atoms with Crippen molar-refractivity contribution in [2.75, 3.05) is 11.5 Å². The van der Waals surface area contributed by atoms with Gasteiger partial charge in [0.2, 0.25) is 0 Å². The minimum Gasteiger partial charge on any atom is -0.364 e. The number of aryl methyl sites for hydroxylation is 1. The van der Waals surface area contributed by atoms with Crippen LogP contribution in [0.25, 0.3) is 0 Å². The lowest BCUT2D eigenvalue weighted by Gasteiger charge is -2.10. The number of aromatic nitrogens is 1. The van der Waals surface area contributed by atoms with Crippen LogP contribution in [0.1, 0.15) is 22.5 Å². The molecule has 1 aliphatic heterocycles. The molecule has 1 atom stereocenters. The fourth-order valence-electron chi connectivity index (χ4n) is 1.92. The molecule has 0 aliphatic carbocycles. The predicted octanol–water partition coefficient (Wildman–Crippen LogP) is -0.400. The molecule has 0 radical (unpaired) electrons. The number of amides is 1. The Morgan fingerprint density at radius 3 is 2.78 bits per heavy atom. The first kappa shape index (κ1) is 12.8. The molecule has 18 heavy (non-hydrogen) atoms. The Morgan fingerprint density at radius 1 is 1.50 bits per heavy atom. The van der Waals surface area contributed by atoms with E-state index in [1.807, 2.05) is 0 Å². The molecule has 2 rings (SSSR count). The van der Waals surface area contributed by atoms with Gasteiger partial charge in [0.25, 0.3) is 5.91 Å². The zero-order valence-electron chi connectivity index (χ0n) is 9.89. The van der Waals surface area contributed by atoms with E-state index in [0.29, 0.717) is 12.1 Å². The lowest BCUT2D eigenvalue weighted by molar-refractivity contribution is 0.0939. The highest BCUT2D eigenvalue weighted by molar-refractivity contribution is 7.91. The standard InChI is InChI=1S/C11H14N2O4S/c1-7-4-10(14)9(5-12-7)11(15)13-8-2-3-18(16,17)6-8/h4-5,8H,2-3,6H2,1H3,(H,12,14)(H,13,15). The molecule has 1 aromatic heterocycles. The Balaban J connectivity index is 2.11. The van der Waals surface area contributed by atoms with Gasteiger partial charge < -0.3 is 10.3 Å². The molecule has 1 saturated heterocycles. The molecule has 0 saturated carbocycles. The summed E-state index contributed by atoms with van der Waals surface area (Å²) in [4.78, 5) is 26.2. The SMILES string of the molecule is Cc1cc(=O)c(C(=O)NC2CCS(=O)(=O)C2)c[nH]1. The van der Waals surface area contributed by atoms with Crippen LogP contribution in [0.3, 0.4) is 0 Å². The summed E-state index contributed by atoms with van der Waals surface area (Å²) in [6.45, 7) is 1.71. The number of hydrogen-bond acceptors (Lipinski definition) is 4. The number of pyridine rings is 1. The van der Waals surface area contributed by atoms with Gasteiger partial charge in [0, 0.05) is 24.0 Å². The number of H-pyrrole nitrogens is 1. The predicted molar refractivity (Wildman–Crippen MR) is 66.3 cm³/mol. The van der Waals surface area contributed by atoms with Crippen LogP contribution in [0.2, 0.25) is 0 Å². The van der Waals surface area contributed by atoms with Gasteiger partial charge >= 0.3 is 0 Å². The maximum Gasteiger partial charge on any atom is 0.256 e. The first-order valence-corrected chi connectivity index (χ1v) is 7.40. The average Bonchev–Trinajstić information content (AvgIpc) is 2.57. The summed E-state index contributed by atoms with van der Waals surface area (Å²) in [6, 6.07) is 0.934. The van der Waals surface area contributed by atoms with E-state index in [0.717, 1.165) is 0 Å². The van der Waals surface area contributed by atoms with E-state index in [1.54, 1.807) is 6.92 Å². The highest BCUT2D eigenvalue weighted by Gasteiger charge is 2.29. The second kappa shape index (κ2) is 4.56. The van der Waals surface area contributed by atoms with Gasteiger partial charge in [-0.25, -0.2) is 8.42 Å². The summed E-state index contributed by atoms with van der Waals surface area (Å²) in [6.07, 6.45) is 1.74. The van der Waals surface area contributed by atoms with Gasteiger partial charge in [-0.2, -0.15) is 0 Å². The average molecular weight is 270 g/mol. The Bertz CT molecular complexity index is 633. The van der Waals surface area contributed by atoms with E-state index >= 15 is 0 Å². The van der Waals surface area contributed by atoms with Gasteiger partial charge in [-0.05, 0) is 13.3 Å². The first-order valence-electron chi connectivity index (χ1n) is 5.58. The molecule has 1 unspecified atom stereocenters. The van der Waals surface area contributed by atoms with E-state index in [2.05, 4.69) is 10.3 Å². The normalized spacial score (nSPS) is 21.7. The highest BCUT2D eigenvalue weighted by Crippen LogP contribution is 2.11. The van der Waals surface area contributed by atoms with Gasteiger partial charge in [0.1, 0.15) is 5.56 Å². The Labute approximate surface area is 104 Å². The summed E-state index contributed by atoms with van der Waals surface area (Å²) in [5.41, 5.74) is 0.300. The van der Waals surface area contributed by atoms with Crippen molar-refractivity contribution < 1.29 is 13.2 Å². The van der Waals surface area contributed by atoms with Crippen molar-refractivity contribution in [3.8, 4) is 0 Å². The summed E-state index contributed by atoms with van der Waals surface area (Å²) in [5.74, 6) is -0.497. The number of sulfone groups is 1. The number of carbonyl (C=O) groups is 1. The largest absolute Gasteiger partial charge is 0.364 e. The fourth-order valence-corrected chi connectivity index (χ4v) is 3.60. The van der Waals surface area contributed by atoms with E-state index in [-0.39, 0.29) is 22.5 Å². The van der Waals surface area contributed by atoms with Gasteiger partial charge in [-0.1, -0.05) is 0 Å². The van der Waals surface area contributed by atoms with Crippen LogP contribution in [0.15, 0.2) is 17.1 Å². The van der Waals surface area contributed by atoms with Crippen molar-refractivity contribution in [1.82, 2.24) is 10.3 Å². The second-order valence-electron chi connectivity index (χ2n) is 4.47. The van der Waals surface area contributed by atoms with Crippen LogP contribution >= 0.6 is 0 Å². The van der Waals surface area contributed by atoms with E-state index in [9.17, 15) is 18.0 Å². The number of aromatic amines is 1. The third kappa shape index (κ3) is 2.79. The lowest BCUT2D eigenvalue weighted by atomic mass is 10.2. The van der Waals surface area contributed by atoms with Crippen LogP contribution < -0.4 is 10.7 Å². The Morgan fingerprint density at radius 2 is 2.22 bits per heavy atom. The van der Waals surface area contributed by atoms with Crippen molar-refractivity contribution in [2.24, 2.45) is 0 Å². The first-order chi connectivity index (χ1) is 8.37. The van der Waals surface area contributed by atoms with E-state index < -0.39 is 21.8 Å². The molecular weight excluding hydrogens is 256 g/mol. The quantitative estimate of drug-likeness (QED) is 0.764. The lowest BCUT2D eigenvalue weighted by Crippen LogP contribution is -2.37. The maximum absolute atomic E-state index is 11.8. The van der Waals surface area contributed by atoms with Crippen LogP contribution in [0.4, 0.5) is 0 Å². The minimum absolute atomic E-state index is 0.00454. The van der Waals surface area contributed by atoms with Crippen molar-refractivity contribution in [2.45, 2.75) is 19.4 Å².